The van der Waals surface area contributed by atoms with Crippen LogP contribution in [0.5, 0.6) is 0 Å². The van der Waals surface area contributed by atoms with Crippen LogP contribution in [-0.2, 0) is 11.2 Å². The Labute approximate surface area is 195 Å². The molecule has 2 aromatic heterocycles. The van der Waals surface area contributed by atoms with E-state index in [-0.39, 0.29) is 18.0 Å². The number of imidazole rings is 1. The minimum atomic E-state index is -0.538. The average Bonchev–Trinajstić information content (AvgIpc) is 3.51. The number of hydrogen-bond acceptors (Lipinski definition) is 3. The number of H-pyrrole nitrogens is 1. The number of benzene rings is 2. The van der Waals surface area contributed by atoms with Crippen molar-refractivity contribution in [2.45, 2.75) is 38.4 Å². The molecule has 166 valence electrons. The molecule has 0 saturated carbocycles. The van der Waals surface area contributed by atoms with E-state index in [9.17, 15) is 9.59 Å². The van der Waals surface area contributed by atoms with Gasteiger partial charge in [-0.05, 0) is 55.3 Å². The van der Waals surface area contributed by atoms with Gasteiger partial charge in [0.05, 0.1) is 6.33 Å². The monoisotopic (exact) mass is 459 g/mol. The lowest BCUT2D eigenvalue weighted by Crippen LogP contribution is -2.44. The molecule has 2 aliphatic heterocycles. The summed E-state index contributed by atoms with van der Waals surface area (Å²) in [6.07, 6.45) is 5.83. The number of aromatic nitrogens is 3. The third-order valence-electron chi connectivity index (χ3n) is 6.66. The van der Waals surface area contributed by atoms with Gasteiger partial charge in [0.1, 0.15) is 12.1 Å². The van der Waals surface area contributed by atoms with Crippen molar-refractivity contribution in [1.29, 1.82) is 0 Å². The van der Waals surface area contributed by atoms with E-state index < -0.39 is 12.1 Å². The predicted octanol–water partition coefficient (Wildman–Crippen LogP) is 4.69. The van der Waals surface area contributed by atoms with Gasteiger partial charge < -0.3 is 9.55 Å². The number of halogens is 1. The van der Waals surface area contributed by atoms with E-state index in [2.05, 4.69) is 9.97 Å². The number of nitrogens with zero attached hydrogens (tertiary/aromatic N) is 4. The van der Waals surface area contributed by atoms with Crippen LogP contribution in [0, 0.1) is 0 Å². The lowest BCUT2D eigenvalue weighted by atomic mass is 9.89. The highest BCUT2D eigenvalue weighted by Gasteiger charge is 2.53. The Morgan fingerprint density at radius 1 is 1.12 bits per heavy atom. The van der Waals surface area contributed by atoms with Gasteiger partial charge in [-0.3, -0.25) is 14.6 Å². The van der Waals surface area contributed by atoms with E-state index >= 15 is 0 Å². The first-order valence-electron chi connectivity index (χ1n) is 11.0. The number of aromatic amines is 1. The van der Waals surface area contributed by atoms with E-state index in [1.807, 2.05) is 67.1 Å². The molecule has 0 bridgehead atoms. The van der Waals surface area contributed by atoms with E-state index in [4.69, 9.17) is 11.6 Å². The van der Waals surface area contributed by atoms with E-state index in [0.29, 0.717) is 11.4 Å². The number of imide groups is 1. The van der Waals surface area contributed by atoms with Gasteiger partial charge in [0.15, 0.2) is 0 Å². The van der Waals surface area contributed by atoms with Crippen molar-refractivity contribution in [1.82, 2.24) is 24.3 Å². The molecule has 8 heteroatoms. The van der Waals surface area contributed by atoms with Gasteiger partial charge in [0.2, 0.25) is 0 Å². The van der Waals surface area contributed by atoms with Gasteiger partial charge in [0.25, 0.3) is 5.91 Å². The quantitative estimate of drug-likeness (QED) is 0.451. The van der Waals surface area contributed by atoms with Crippen LogP contribution in [0.15, 0.2) is 61.2 Å². The second-order valence-electron chi connectivity index (χ2n) is 8.88. The molecule has 33 heavy (non-hydrogen) atoms. The van der Waals surface area contributed by atoms with Crippen LogP contribution < -0.4 is 0 Å². The fourth-order valence-corrected chi connectivity index (χ4v) is 5.35. The van der Waals surface area contributed by atoms with Crippen LogP contribution in [0.1, 0.15) is 36.7 Å². The summed E-state index contributed by atoms with van der Waals surface area (Å²) < 4.78 is 1.93. The number of carbonyl (C=O) groups is 2. The molecule has 7 nitrogen and oxygen atoms in total. The largest absolute Gasteiger partial charge is 0.356 e. The Morgan fingerprint density at radius 2 is 1.91 bits per heavy atom. The summed E-state index contributed by atoms with van der Waals surface area (Å²) in [6, 6.07) is 12.4. The van der Waals surface area contributed by atoms with Crippen molar-refractivity contribution < 1.29 is 9.59 Å². The molecule has 1 fully saturated rings. The Morgan fingerprint density at radius 3 is 2.61 bits per heavy atom. The molecule has 2 atom stereocenters. The van der Waals surface area contributed by atoms with Crippen LogP contribution in [-0.4, -0.2) is 48.4 Å². The highest BCUT2D eigenvalue weighted by molar-refractivity contribution is 6.31. The van der Waals surface area contributed by atoms with Crippen molar-refractivity contribution >= 4 is 34.4 Å². The zero-order chi connectivity index (χ0) is 22.9. The SMILES string of the molecule is CC(C)N1C(=O)C2Cc3c([nH]c4ccc(Cl)cc34)C(c3ccc(-n4ccnc4)cc3)N2C1=O. The third kappa shape index (κ3) is 2.92. The Balaban J connectivity index is 1.53. The summed E-state index contributed by atoms with van der Waals surface area (Å²) in [6.45, 7) is 3.75. The molecule has 0 aliphatic carbocycles. The van der Waals surface area contributed by atoms with Crippen molar-refractivity contribution in [2.24, 2.45) is 0 Å². The average molecular weight is 460 g/mol. The molecule has 0 spiro atoms. The molecule has 1 N–H and O–H groups in total. The topological polar surface area (TPSA) is 74.2 Å². The number of nitrogens with one attached hydrogen (secondary N) is 1. The van der Waals surface area contributed by atoms with Crippen molar-refractivity contribution in [3.05, 3.63) is 83.0 Å². The highest BCUT2D eigenvalue weighted by Crippen LogP contribution is 2.44. The van der Waals surface area contributed by atoms with Crippen molar-refractivity contribution in [3.63, 3.8) is 0 Å². The van der Waals surface area contributed by atoms with Gasteiger partial charge in [0, 0.05) is 52.2 Å². The minimum absolute atomic E-state index is 0.142. The molecule has 0 radical (unpaired) electrons. The highest BCUT2D eigenvalue weighted by atomic mass is 35.5. The molecular weight excluding hydrogens is 438 g/mol. The summed E-state index contributed by atoms with van der Waals surface area (Å²) in [5.74, 6) is -0.142. The Bertz CT molecular complexity index is 1390. The van der Waals surface area contributed by atoms with Gasteiger partial charge in [-0.25, -0.2) is 9.78 Å². The normalized spacial score (nSPS) is 20.1. The fourth-order valence-electron chi connectivity index (χ4n) is 5.18. The number of urea groups is 1. The van der Waals surface area contributed by atoms with Crippen LogP contribution in [0.3, 0.4) is 0 Å². The summed E-state index contributed by atoms with van der Waals surface area (Å²) in [5, 5.41) is 1.64. The lowest BCUT2D eigenvalue weighted by molar-refractivity contribution is -0.129. The van der Waals surface area contributed by atoms with Crippen LogP contribution >= 0.6 is 11.6 Å². The summed E-state index contributed by atoms with van der Waals surface area (Å²) in [4.78, 5) is 37.6. The summed E-state index contributed by atoms with van der Waals surface area (Å²) in [5.41, 5.74) is 4.84. The summed E-state index contributed by atoms with van der Waals surface area (Å²) >= 11 is 6.30. The molecule has 2 aliphatic rings. The van der Waals surface area contributed by atoms with Gasteiger partial charge in [-0.1, -0.05) is 23.7 Å². The second kappa shape index (κ2) is 7.22. The molecule has 2 aromatic carbocycles. The minimum Gasteiger partial charge on any atom is -0.356 e. The zero-order valence-electron chi connectivity index (χ0n) is 18.2. The van der Waals surface area contributed by atoms with E-state index in [1.165, 1.54) is 4.90 Å². The van der Waals surface area contributed by atoms with Crippen molar-refractivity contribution in [3.8, 4) is 5.69 Å². The molecule has 3 amide bonds. The molecular formula is C25H22ClN5O2. The predicted molar refractivity (Wildman–Crippen MR) is 125 cm³/mol. The number of fused-ring (bicyclic) bond motifs is 4. The Hall–Kier alpha value is -3.58. The molecule has 1 saturated heterocycles. The first kappa shape index (κ1) is 20.1. The first-order valence-corrected chi connectivity index (χ1v) is 11.4. The first-order chi connectivity index (χ1) is 15.9. The Kier molecular flexibility index (Phi) is 4.39. The molecule has 4 heterocycles. The third-order valence-corrected chi connectivity index (χ3v) is 6.90. The van der Waals surface area contributed by atoms with Crippen LogP contribution in [0.25, 0.3) is 16.6 Å². The summed E-state index contributed by atoms with van der Waals surface area (Å²) in [7, 11) is 0. The maximum Gasteiger partial charge on any atom is 0.328 e. The van der Waals surface area contributed by atoms with E-state index in [0.717, 1.165) is 33.4 Å². The zero-order valence-corrected chi connectivity index (χ0v) is 19.0. The van der Waals surface area contributed by atoms with Gasteiger partial charge >= 0.3 is 6.03 Å². The van der Waals surface area contributed by atoms with Gasteiger partial charge in [-0.2, -0.15) is 0 Å². The fraction of sp³-hybridized carbons (Fsp3) is 0.240. The number of rotatable bonds is 3. The van der Waals surface area contributed by atoms with Crippen molar-refractivity contribution in [2.75, 3.05) is 0 Å². The van der Waals surface area contributed by atoms with Crippen LogP contribution in [0.2, 0.25) is 5.02 Å². The molecule has 6 rings (SSSR count). The number of hydrogen-bond donors (Lipinski definition) is 1. The maximum atomic E-state index is 13.5. The molecule has 2 unspecified atom stereocenters. The van der Waals surface area contributed by atoms with Gasteiger partial charge in [-0.15, -0.1) is 0 Å². The second-order valence-corrected chi connectivity index (χ2v) is 9.32. The maximum absolute atomic E-state index is 13.5. The van der Waals surface area contributed by atoms with E-state index in [1.54, 1.807) is 17.4 Å². The van der Waals surface area contributed by atoms with Crippen LogP contribution in [0.4, 0.5) is 4.79 Å². The number of carbonyl (C=O) groups excluding carboxylic acids is 2. The number of amides is 3. The molecule has 4 aromatic rings. The standard InChI is InChI=1S/C25H22ClN5O2/c1-14(2)30-24(32)21-12-19-18-11-16(26)5-8-20(18)28-22(19)23(31(21)25(30)33)15-3-6-17(7-4-15)29-10-9-27-13-29/h3-11,13-14,21,23,28H,12H2,1-2H3. The smallest absolute Gasteiger partial charge is 0.328 e. The lowest BCUT2D eigenvalue weighted by Gasteiger charge is -2.36.